The summed E-state index contributed by atoms with van der Waals surface area (Å²) in [5.41, 5.74) is 5.20. The van der Waals surface area contributed by atoms with Gasteiger partial charge in [0.15, 0.2) is 0 Å². The molecule has 14 heteroatoms. The van der Waals surface area contributed by atoms with Crippen LogP contribution in [0.15, 0.2) is 48.8 Å². The van der Waals surface area contributed by atoms with Crippen molar-refractivity contribution in [3.63, 3.8) is 0 Å². The van der Waals surface area contributed by atoms with Crippen molar-refractivity contribution in [2.45, 2.75) is 100 Å². The van der Waals surface area contributed by atoms with E-state index in [1.807, 2.05) is 30.5 Å². The molecule has 7 heterocycles. The number of nitrogens with one attached hydrogen (secondary N) is 2. The lowest BCUT2D eigenvalue weighted by Crippen LogP contribution is -2.54. The van der Waals surface area contributed by atoms with Crippen LogP contribution < -0.4 is 20.4 Å². The molecule has 10 rings (SSSR count). The van der Waals surface area contributed by atoms with E-state index in [4.69, 9.17) is 9.97 Å². The smallest absolute Gasteiger partial charge is 0.270 e. The third-order valence-electron chi connectivity index (χ3n) is 13.6. The molecule has 3 saturated heterocycles. The first-order valence-corrected chi connectivity index (χ1v) is 20.8. The normalized spacial score (nSPS) is 23.8. The Labute approximate surface area is 332 Å². The summed E-state index contributed by atoms with van der Waals surface area (Å²) < 4.78 is 2.13. The summed E-state index contributed by atoms with van der Waals surface area (Å²) in [7, 11) is 3.57. The molecule has 3 aromatic heterocycles. The summed E-state index contributed by atoms with van der Waals surface area (Å²) >= 11 is 0. The quantitative estimate of drug-likeness (QED) is 0.234. The first-order chi connectivity index (χ1) is 27.7. The minimum Gasteiger partial charge on any atom is -0.370 e. The molecular formula is C43H50N10O4. The number of aromatic nitrogens is 4. The van der Waals surface area contributed by atoms with Gasteiger partial charge >= 0.3 is 0 Å². The summed E-state index contributed by atoms with van der Waals surface area (Å²) in [6.45, 7) is 3.89. The van der Waals surface area contributed by atoms with Crippen molar-refractivity contribution in [1.82, 2.24) is 34.6 Å². The lowest BCUT2D eigenvalue weighted by atomic mass is 9.90. The van der Waals surface area contributed by atoms with E-state index < -0.39 is 11.5 Å². The summed E-state index contributed by atoms with van der Waals surface area (Å²) in [6, 6.07) is 12.3. The van der Waals surface area contributed by atoms with Gasteiger partial charge in [-0.1, -0.05) is 25.0 Å². The van der Waals surface area contributed by atoms with Gasteiger partial charge in [-0.25, -0.2) is 9.97 Å². The van der Waals surface area contributed by atoms with Crippen LogP contribution in [0.2, 0.25) is 0 Å². The predicted octanol–water partition coefficient (Wildman–Crippen LogP) is 5.03. The second-order valence-corrected chi connectivity index (χ2v) is 17.2. The average molecular weight is 771 g/mol. The molecule has 1 spiro atoms. The number of fused-ring (bicyclic) bond motifs is 3. The van der Waals surface area contributed by atoms with Gasteiger partial charge in [0.05, 0.1) is 11.1 Å². The van der Waals surface area contributed by atoms with E-state index in [9.17, 15) is 19.2 Å². The van der Waals surface area contributed by atoms with E-state index in [1.54, 1.807) is 30.1 Å². The molecule has 5 fully saturated rings. The molecule has 14 nitrogen and oxygen atoms in total. The van der Waals surface area contributed by atoms with Gasteiger partial charge in [0.2, 0.25) is 23.7 Å². The van der Waals surface area contributed by atoms with Crippen molar-refractivity contribution < 1.29 is 19.2 Å². The van der Waals surface area contributed by atoms with E-state index in [2.05, 4.69) is 42.1 Å². The van der Waals surface area contributed by atoms with Crippen LogP contribution in [0.25, 0.3) is 11.0 Å². The molecule has 2 N–H and O–H groups in total. The van der Waals surface area contributed by atoms with Crippen LogP contribution in [0.4, 0.5) is 23.1 Å². The third-order valence-corrected chi connectivity index (χ3v) is 13.6. The Morgan fingerprint density at radius 2 is 1.68 bits per heavy atom. The van der Waals surface area contributed by atoms with Crippen LogP contribution in [0.5, 0.6) is 0 Å². The van der Waals surface area contributed by atoms with E-state index in [-0.39, 0.29) is 36.1 Å². The van der Waals surface area contributed by atoms with E-state index in [0.29, 0.717) is 35.8 Å². The maximum absolute atomic E-state index is 13.9. The Morgan fingerprint density at radius 3 is 2.40 bits per heavy atom. The van der Waals surface area contributed by atoms with Gasteiger partial charge in [0.25, 0.3) is 5.91 Å². The predicted molar refractivity (Wildman–Crippen MR) is 216 cm³/mol. The number of imide groups is 1. The van der Waals surface area contributed by atoms with Gasteiger partial charge in [-0.05, 0) is 100 Å². The van der Waals surface area contributed by atoms with E-state index in [0.717, 1.165) is 112 Å². The fourth-order valence-corrected chi connectivity index (χ4v) is 10.4. The number of hydrogen-bond donors (Lipinski definition) is 2. The van der Waals surface area contributed by atoms with Gasteiger partial charge in [0, 0.05) is 74.7 Å². The van der Waals surface area contributed by atoms with Gasteiger partial charge in [-0.3, -0.25) is 34.3 Å². The van der Waals surface area contributed by atoms with Crippen LogP contribution in [0.3, 0.4) is 0 Å². The fraction of sp³-hybridized carbons (Fsp3) is 0.512. The number of piperidine rings is 2. The number of likely N-dealkylation sites (tertiary alicyclic amines) is 1. The highest BCUT2D eigenvalue weighted by molar-refractivity contribution is 6.16. The van der Waals surface area contributed by atoms with Crippen LogP contribution >= 0.6 is 0 Å². The van der Waals surface area contributed by atoms with Crippen LogP contribution in [0, 0.1) is 0 Å². The fourth-order valence-electron chi connectivity index (χ4n) is 10.4. The van der Waals surface area contributed by atoms with Crippen molar-refractivity contribution in [3.8, 4) is 0 Å². The number of nitrogens with zero attached hydrogens (tertiary/aromatic N) is 8. The zero-order chi connectivity index (χ0) is 39.0. The Balaban J connectivity index is 0.783. The topological polar surface area (TPSA) is 149 Å². The minimum absolute atomic E-state index is 0.0172. The Morgan fingerprint density at radius 1 is 0.895 bits per heavy atom. The highest BCUT2D eigenvalue weighted by Gasteiger charge is 2.62. The lowest BCUT2D eigenvalue weighted by molar-refractivity contribution is -0.135. The molecule has 57 heavy (non-hydrogen) atoms. The molecule has 4 aromatic rings. The molecule has 1 aromatic carbocycles. The number of carbonyl (C=O) groups is 4. The van der Waals surface area contributed by atoms with Crippen LogP contribution in [-0.2, 0) is 19.8 Å². The molecule has 2 atom stereocenters. The number of hydrogen-bond acceptors (Lipinski definition) is 10. The van der Waals surface area contributed by atoms with E-state index >= 15 is 0 Å². The molecule has 4 aliphatic heterocycles. The standard InChI is InChI=1S/C43H50N10O4/c1-49(2)40(56)34-22-28-24-45-42(48-38(28)52(34)29-6-3-4-7-29)46-35-12-10-27(23-44-35)26-14-19-50(20-15-26)30-16-21-51(25-30)31-8-5-9-32-37(31)43(17-18-43)41(57)53(32)33-11-13-36(54)47-39(33)55/h5,8-10,12,22-24,26,29-30,33H,3-4,6-7,11,13-21,25H2,1-2H3,(H,47,54,55)(H,44,45,46,48). The van der Waals surface area contributed by atoms with E-state index in [1.165, 1.54) is 5.56 Å². The molecule has 2 aliphatic carbocycles. The summed E-state index contributed by atoms with van der Waals surface area (Å²) in [4.78, 5) is 74.5. The van der Waals surface area contributed by atoms with Gasteiger partial charge in [0.1, 0.15) is 23.2 Å². The zero-order valence-electron chi connectivity index (χ0n) is 32.7. The molecule has 2 saturated carbocycles. The van der Waals surface area contributed by atoms with Gasteiger partial charge in [-0.2, -0.15) is 4.98 Å². The maximum Gasteiger partial charge on any atom is 0.270 e. The highest BCUT2D eigenvalue weighted by atomic mass is 16.2. The second-order valence-electron chi connectivity index (χ2n) is 17.2. The molecule has 2 unspecified atom stereocenters. The molecular weight excluding hydrogens is 721 g/mol. The zero-order valence-corrected chi connectivity index (χ0v) is 32.7. The van der Waals surface area contributed by atoms with Crippen molar-refractivity contribution in [2.24, 2.45) is 0 Å². The highest BCUT2D eigenvalue weighted by Crippen LogP contribution is 2.61. The minimum atomic E-state index is -0.640. The van der Waals surface area contributed by atoms with Crippen molar-refractivity contribution in [3.05, 3.63) is 65.6 Å². The van der Waals surface area contributed by atoms with Crippen molar-refractivity contribution in [1.29, 1.82) is 0 Å². The molecule has 6 aliphatic rings. The number of pyridine rings is 1. The SMILES string of the molecule is CN(C)C(=O)c1cc2cnc(Nc3ccc(C4CCN(C5CCN(c6cccc7c6C6(CC6)C(=O)N7C6CCC(=O)NC6=O)C5)CC4)cn3)nc2n1C1CCCC1. The number of benzene rings is 1. The Hall–Kier alpha value is -5.37. The first kappa shape index (κ1) is 36.0. The number of amides is 4. The van der Waals surface area contributed by atoms with Crippen molar-refractivity contribution >= 4 is 57.8 Å². The number of carbonyl (C=O) groups excluding carboxylic acids is 4. The Kier molecular flexibility index (Phi) is 8.80. The lowest BCUT2D eigenvalue weighted by Gasteiger charge is -2.36. The number of anilines is 4. The monoisotopic (exact) mass is 770 g/mol. The Bertz CT molecular complexity index is 2270. The summed E-state index contributed by atoms with van der Waals surface area (Å²) in [6.07, 6.45) is 13.6. The van der Waals surface area contributed by atoms with Crippen LogP contribution in [0.1, 0.15) is 104 Å². The molecule has 0 radical (unpaired) electrons. The summed E-state index contributed by atoms with van der Waals surface area (Å²) in [5, 5.41) is 6.63. The molecule has 4 amide bonds. The second kappa shape index (κ2) is 13.9. The van der Waals surface area contributed by atoms with Gasteiger partial charge < -0.3 is 19.7 Å². The largest absolute Gasteiger partial charge is 0.370 e. The average Bonchev–Trinajstić information content (AvgIpc) is 3.56. The third kappa shape index (κ3) is 6.14. The molecule has 296 valence electrons. The van der Waals surface area contributed by atoms with Gasteiger partial charge in [-0.15, -0.1) is 0 Å². The van der Waals surface area contributed by atoms with Crippen LogP contribution in [-0.4, -0.2) is 105 Å². The summed E-state index contributed by atoms with van der Waals surface area (Å²) in [5.74, 6) is 0.944. The molecule has 0 bridgehead atoms. The first-order valence-electron chi connectivity index (χ1n) is 20.8. The maximum atomic E-state index is 13.9. The number of rotatable bonds is 8. The van der Waals surface area contributed by atoms with Crippen molar-refractivity contribution in [2.75, 3.05) is 55.4 Å².